The summed E-state index contributed by atoms with van der Waals surface area (Å²) in [6.07, 6.45) is 6.93. The summed E-state index contributed by atoms with van der Waals surface area (Å²) in [5.41, 5.74) is 9.59. The van der Waals surface area contributed by atoms with Crippen molar-refractivity contribution < 1.29 is 4.74 Å². The first kappa shape index (κ1) is 23.1. The lowest BCUT2D eigenvalue weighted by atomic mass is 10.2. The van der Waals surface area contributed by atoms with Crippen LogP contribution in [-0.2, 0) is 11.3 Å². The summed E-state index contributed by atoms with van der Waals surface area (Å²) in [4.78, 5) is 30.8. The van der Waals surface area contributed by atoms with Crippen LogP contribution in [0.2, 0.25) is 0 Å². The van der Waals surface area contributed by atoms with Crippen molar-refractivity contribution in [3.63, 3.8) is 0 Å². The van der Waals surface area contributed by atoms with Gasteiger partial charge in [0.05, 0.1) is 18.6 Å². The lowest BCUT2D eigenvalue weighted by Gasteiger charge is -2.35. The van der Waals surface area contributed by atoms with Crippen molar-refractivity contribution in [2.75, 3.05) is 62.9 Å². The summed E-state index contributed by atoms with van der Waals surface area (Å²) in [5, 5.41) is 0.878. The van der Waals surface area contributed by atoms with E-state index in [1.54, 1.807) is 37.6 Å². The number of methoxy groups -OCH3 is 1. The third-order valence-electron chi connectivity index (χ3n) is 6.53. The minimum absolute atomic E-state index is 0.395. The van der Waals surface area contributed by atoms with E-state index in [1.165, 1.54) is 0 Å². The van der Waals surface area contributed by atoms with Crippen LogP contribution < -0.4 is 15.5 Å². The number of rotatable bonds is 7. The van der Waals surface area contributed by atoms with Gasteiger partial charge in [-0.2, -0.15) is 0 Å². The van der Waals surface area contributed by atoms with Crippen molar-refractivity contribution >= 4 is 40.2 Å². The fraction of sp³-hybridized carbons (Fsp3) is 0.375. The molecule has 0 bridgehead atoms. The molecule has 12 heteroatoms. The number of fused-ring (bicyclic) bond motifs is 3. The minimum atomic E-state index is 0.395. The van der Waals surface area contributed by atoms with Gasteiger partial charge in [0, 0.05) is 63.7 Å². The van der Waals surface area contributed by atoms with E-state index in [0.717, 1.165) is 76.7 Å². The van der Waals surface area contributed by atoms with Crippen LogP contribution in [0.3, 0.4) is 0 Å². The van der Waals surface area contributed by atoms with E-state index in [9.17, 15) is 0 Å². The number of imidazole rings is 1. The molecule has 4 aromatic rings. The highest BCUT2D eigenvalue weighted by Crippen LogP contribution is 2.46. The molecule has 1 aromatic carbocycles. The van der Waals surface area contributed by atoms with Gasteiger partial charge in [-0.3, -0.25) is 9.80 Å². The van der Waals surface area contributed by atoms with Crippen LogP contribution in [0.5, 0.6) is 0 Å². The third kappa shape index (κ3) is 4.26. The van der Waals surface area contributed by atoms with E-state index >= 15 is 0 Å². The Morgan fingerprint density at radius 3 is 2.69 bits per heavy atom. The van der Waals surface area contributed by atoms with Crippen LogP contribution in [0.15, 0.2) is 53.2 Å². The number of benzene rings is 1. The molecule has 1 fully saturated rings. The van der Waals surface area contributed by atoms with Crippen molar-refractivity contribution in [3.05, 3.63) is 48.8 Å². The van der Waals surface area contributed by atoms with Crippen LogP contribution in [0.4, 0.5) is 17.3 Å². The van der Waals surface area contributed by atoms with Crippen molar-refractivity contribution in [2.45, 2.75) is 16.5 Å². The second-order valence-electron chi connectivity index (χ2n) is 8.79. The second-order valence-corrected chi connectivity index (χ2v) is 9.83. The molecule has 0 unspecified atom stereocenters. The van der Waals surface area contributed by atoms with Gasteiger partial charge in [0.25, 0.3) is 0 Å². The molecular formula is C24H28N10OS. The molecule has 2 aliphatic heterocycles. The molecule has 2 aliphatic rings. The zero-order valence-electron chi connectivity index (χ0n) is 20.1. The maximum absolute atomic E-state index is 5.72. The third-order valence-corrected chi connectivity index (χ3v) is 7.58. The van der Waals surface area contributed by atoms with E-state index < -0.39 is 0 Å². The number of nitrogens with zero attached hydrogens (tertiary/aromatic N) is 9. The van der Waals surface area contributed by atoms with Crippen LogP contribution in [0.1, 0.15) is 5.56 Å². The van der Waals surface area contributed by atoms with Crippen molar-refractivity contribution in [3.8, 4) is 0 Å². The summed E-state index contributed by atoms with van der Waals surface area (Å²) >= 11 is 1.63. The fourth-order valence-corrected chi connectivity index (χ4v) is 5.78. The standard InChI is InChI=1S/C24H28N10OS/c1-35-16-34-18-12-17(2-3-19(18)36-24-23(34)26-5-6-27-24)13-33-15-30-20-21(28-14-29-22(20)33)32-10-8-31(7-4-25)9-11-32/h2-3,5-6,12,14-15H,4,7-11,13,16,25H2,1H3. The smallest absolute Gasteiger partial charge is 0.168 e. The predicted molar refractivity (Wildman–Crippen MR) is 139 cm³/mol. The topological polar surface area (TPSA) is 114 Å². The van der Waals surface area contributed by atoms with Crippen LogP contribution in [0.25, 0.3) is 11.2 Å². The van der Waals surface area contributed by atoms with E-state index in [2.05, 4.69) is 57.4 Å². The van der Waals surface area contributed by atoms with Gasteiger partial charge in [-0.05, 0) is 17.7 Å². The average molecular weight is 505 g/mol. The van der Waals surface area contributed by atoms with Gasteiger partial charge in [0.15, 0.2) is 22.8 Å². The number of nitrogens with two attached hydrogens (primary N) is 1. The van der Waals surface area contributed by atoms with Gasteiger partial charge < -0.3 is 19.9 Å². The Morgan fingerprint density at radius 1 is 1.00 bits per heavy atom. The Bertz CT molecular complexity index is 1370. The zero-order chi connectivity index (χ0) is 24.5. The van der Waals surface area contributed by atoms with Crippen LogP contribution in [-0.4, -0.2) is 87.5 Å². The van der Waals surface area contributed by atoms with E-state index in [4.69, 9.17) is 15.5 Å². The summed E-state index contributed by atoms with van der Waals surface area (Å²) in [6, 6.07) is 6.46. The van der Waals surface area contributed by atoms with Gasteiger partial charge >= 0.3 is 0 Å². The molecule has 36 heavy (non-hydrogen) atoms. The Hall–Kier alpha value is -3.32. The van der Waals surface area contributed by atoms with Gasteiger partial charge in [0.2, 0.25) is 0 Å². The maximum atomic E-state index is 5.72. The fourth-order valence-electron chi connectivity index (χ4n) is 4.79. The number of ether oxygens (including phenoxy) is 1. The first-order valence-corrected chi connectivity index (χ1v) is 12.8. The summed E-state index contributed by atoms with van der Waals surface area (Å²) in [7, 11) is 1.69. The Morgan fingerprint density at radius 2 is 1.86 bits per heavy atom. The van der Waals surface area contributed by atoms with Crippen LogP contribution >= 0.6 is 11.8 Å². The highest BCUT2D eigenvalue weighted by Gasteiger charge is 2.26. The molecule has 186 valence electrons. The molecule has 0 aliphatic carbocycles. The minimum Gasteiger partial charge on any atom is -0.364 e. The number of hydrogen-bond donors (Lipinski definition) is 1. The van der Waals surface area contributed by atoms with Crippen molar-refractivity contribution in [2.24, 2.45) is 5.73 Å². The normalized spacial score (nSPS) is 15.8. The first-order chi connectivity index (χ1) is 17.7. The predicted octanol–water partition coefficient (Wildman–Crippen LogP) is 1.95. The quantitative estimate of drug-likeness (QED) is 0.398. The second kappa shape index (κ2) is 9.97. The van der Waals surface area contributed by atoms with E-state index in [0.29, 0.717) is 19.8 Å². The Balaban J connectivity index is 1.27. The number of anilines is 3. The van der Waals surface area contributed by atoms with Gasteiger partial charge in [-0.1, -0.05) is 17.8 Å². The molecule has 0 spiro atoms. The molecular weight excluding hydrogens is 476 g/mol. The molecule has 1 saturated heterocycles. The van der Waals surface area contributed by atoms with E-state index in [-0.39, 0.29) is 0 Å². The molecule has 0 amide bonds. The summed E-state index contributed by atoms with van der Waals surface area (Å²) in [5.74, 6) is 1.71. The molecule has 3 aromatic heterocycles. The molecule has 2 N–H and O–H groups in total. The Labute approximate surface area is 213 Å². The first-order valence-electron chi connectivity index (χ1n) is 12.0. The van der Waals surface area contributed by atoms with Gasteiger partial charge in [-0.15, -0.1) is 0 Å². The zero-order valence-corrected chi connectivity index (χ0v) is 20.9. The highest BCUT2D eigenvalue weighted by atomic mass is 32.2. The maximum Gasteiger partial charge on any atom is 0.168 e. The van der Waals surface area contributed by atoms with Crippen LogP contribution in [0, 0.1) is 0 Å². The molecule has 0 saturated carbocycles. The lowest BCUT2D eigenvalue weighted by Crippen LogP contribution is -2.48. The lowest BCUT2D eigenvalue weighted by molar-refractivity contribution is 0.204. The van der Waals surface area contributed by atoms with Gasteiger partial charge in [0.1, 0.15) is 18.1 Å². The average Bonchev–Trinajstić information content (AvgIpc) is 3.32. The molecule has 5 heterocycles. The Kier molecular flexibility index (Phi) is 6.40. The summed E-state index contributed by atoms with van der Waals surface area (Å²) in [6.45, 7) is 6.41. The monoisotopic (exact) mass is 504 g/mol. The highest BCUT2D eigenvalue weighted by molar-refractivity contribution is 7.99. The molecule has 0 radical (unpaired) electrons. The molecule has 11 nitrogen and oxygen atoms in total. The number of piperazine rings is 1. The number of aromatic nitrogens is 6. The van der Waals surface area contributed by atoms with Crippen molar-refractivity contribution in [1.29, 1.82) is 0 Å². The van der Waals surface area contributed by atoms with E-state index in [1.807, 2.05) is 6.33 Å². The SMILES string of the molecule is COCN1c2cc(Cn3cnc4c(N5CCN(CCN)CC5)ncnc43)ccc2Sc2nccnc21. The summed E-state index contributed by atoms with van der Waals surface area (Å²) < 4.78 is 7.57. The largest absolute Gasteiger partial charge is 0.364 e. The molecule has 0 atom stereocenters. The molecule has 6 rings (SSSR count). The van der Waals surface area contributed by atoms with Gasteiger partial charge in [-0.25, -0.2) is 24.9 Å². The van der Waals surface area contributed by atoms with Crippen molar-refractivity contribution in [1.82, 2.24) is 34.4 Å². The number of hydrogen-bond acceptors (Lipinski definition) is 11.